The molecule has 0 aliphatic rings. The third-order valence-corrected chi connectivity index (χ3v) is 2.39. The van der Waals surface area contributed by atoms with Crippen molar-refractivity contribution in [2.24, 2.45) is 0 Å². The number of hydrogen-bond donors (Lipinski definition) is 0. The molecule has 1 aromatic rings. The monoisotopic (exact) mass is 240 g/mol. The van der Waals surface area contributed by atoms with Crippen LogP contribution in [0.25, 0.3) is 0 Å². The Morgan fingerprint density at radius 2 is 1.53 bits per heavy atom. The van der Waals surface area contributed by atoms with E-state index in [9.17, 15) is 12.9 Å². The van der Waals surface area contributed by atoms with E-state index in [1.165, 1.54) is 13.8 Å². The summed E-state index contributed by atoms with van der Waals surface area (Å²) >= 11 is 0. The van der Waals surface area contributed by atoms with E-state index >= 15 is 0 Å². The first-order valence-corrected chi connectivity index (χ1v) is 4.56. The Morgan fingerprint density at radius 1 is 1.07 bits per heavy atom. The zero-order valence-corrected chi connectivity index (χ0v) is 12.4. The van der Waals surface area contributed by atoms with Crippen LogP contribution >= 0.6 is 0 Å². The summed E-state index contributed by atoms with van der Waals surface area (Å²) in [6, 6.07) is 8.77. The van der Waals surface area contributed by atoms with Gasteiger partial charge in [-0.15, -0.1) is 0 Å². The molecule has 0 amide bonds. The minimum absolute atomic E-state index is 0. The van der Waals surface area contributed by atoms with Crippen molar-refractivity contribution in [2.75, 3.05) is 0 Å². The zero-order chi connectivity index (χ0) is 10.8. The van der Waals surface area contributed by atoms with Gasteiger partial charge in [0.05, 0.1) is 0 Å². The first-order valence-electron chi connectivity index (χ1n) is 4.56. The Hall–Kier alpha value is 0.711. The molecular formula is C10H13BF3K. The molecule has 1 rings (SSSR count). The van der Waals surface area contributed by atoms with Crippen LogP contribution in [0, 0.1) is 0 Å². The van der Waals surface area contributed by atoms with Crippen molar-refractivity contribution in [1.29, 1.82) is 0 Å². The fraction of sp³-hybridized carbons (Fsp3) is 0.400. The molecule has 0 bridgehead atoms. The Bertz CT molecular complexity index is 295. The van der Waals surface area contributed by atoms with Crippen molar-refractivity contribution < 1.29 is 64.3 Å². The van der Waals surface area contributed by atoms with Crippen molar-refractivity contribution in [1.82, 2.24) is 0 Å². The molecule has 0 spiro atoms. The molecule has 5 heteroatoms. The van der Waals surface area contributed by atoms with Crippen LogP contribution in [0.5, 0.6) is 0 Å². The summed E-state index contributed by atoms with van der Waals surface area (Å²) in [5.41, 5.74) is 0.733. The van der Waals surface area contributed by atoms with Crippen LogP contribution in [0.3, 0.4) is 0 Å². The van der Waals surface area contributed by atoms with Gasteiger partial charge in [0.2, 0.25) is 0 Å². The molecule has 0 N–H and O–H groups in total. The molecule has 0 aliphatic carbocycles. The van der Waals surface area contributed by atoms with Crippen molar-refractivity contribution in [3.8, 4) is 0 Å². The Kier molecular flexibility index (Phi) is 6.15. The van der Waals surface area contributed by atoms with Crippen LogP contribution in [0.15, 0.2) is 30.3 Å². The van der Waals surface area contributed by atoms with E-state index in [0.717, 1.165) is 5.56 Å². The smallest absolute Gasteiger partial charge is 0.449 e. The van der Waals surface area contributed by atoms with Crippen LogP contribution in [-0.4, -0.2) is 6.98 Å². The Morgan fingerprint density at radius 3 is 1.93 bits per heavy atom. The maximum atomic E-state index is 12.6. The molecule has 15 heavy (non-hydrogen) atoms. The molecule has 0 radical (unpaired) electrons. The van der Waals surface area contributed by atoms with Crippen molar-refractivity contribution in [2.45, 2.75) is 25.6 Å². The van der Waals surface area contributed by atoms with Gasteiger partial charge in [-0.2, -0.15) is 0 Å². The maximum Gasteiger partial charge on any atom is 1.00 e. The average Bonchev–Trinajstić information content (AvgIpc) is 2.03. The third kappa shape index (κ3) is 4.61. The largest absolute Gasteiger partial charge is 1.00 e. The van der Waals surface area contributed by atoms with Crippen LogP contribution in [0.2, 0.25) is 5.31 Å². The SMILES string of the molecule is CC(C)(Cc1ccccc1)[B-](F)(F)F.[K+]. The second-order valence-corrected chi connectivity index (χ2v) is 4.23. The summed E-state index contributed by atoms with van der Waals surface area (Å²) in [6.07, 6.45) is 0.0529. The van der Waals surface area contributed by atoms with Gasteiger partial charge in [-0.1, -0.05) is 55.1 Å². The molecular weight excluding hydrogens is 227 g/mol. The second kappa shape index (κ2) is 5.87. The predicted octanol–water partition coefficient (Wildman–Crippen LogP) is 0.861. The molecule has 0 heterocycles. The van der Waals surface area contributed by atoms with Gasteiger partial charge in [-0.25, -0.2) is 0 Å². The third-order valence-electron chi connectivity index (χ3n) is 2.39. The van der Waals surface area contributed by atoms with Crippen LogP contribution < -0.4 is 51.4 Å². The average molecular weight is 240 g/mol. The summed E-state index contributed by atoms with van der Waals surface area (Å²) in [7, 11) is 0. The summed E-state index contributed by atoms with van der Waals surface area (Å²) in [6.45, 7) is -2.29. The fourth-order valence-electron chi connectivity index (χ4n) is 1.24. The van der Waals surface area contributed by atoms with E-state index in [2.05, 4.69) is 0 Å². The molecule has 0 saturated carbocycles. The van der Waals surface area contributed by atoms with Crippen molar-refractivity contribution >= 4 is 6.98 Å². The van der Waals surface area contributed by atoms with Gasteiger partial charge >= 0.3 is 58.4 Å². The molecule has 0 aromatic heterocycles. The molecule has 0 unspecified atom stereocenters. The van der Waals surface area contributed by atoms with E-state index in [0.29, 0.717) is 0 Å². The maximum absolute atomic E-state index is 12.6. The fourth-order valence-corrected chi connectivity index (χ4v) is 1.24. The molecule has 78 valence electrons. The minimum atomic E-state index is -4.79. The van der Waals surface area contributed by atoms with Gasteiger partial charge in [0.1, 0.15) is 0 Å². The molecule has 0 saturated heterocycles. The molecule has 0 nitrogen and oxygen atoms in total. The van der Waals surface area contributed by atoms with Gasteiger partial charge in [0.15, 0.2) is 0 Å². The summed E-state index contributed by atoms with van der Waals surface area (Å²) in [5, 5.41) is -1.60. The normalized spacial score (nSPS) is 12.1. The minimum Gasteiger partial charge on any atom is -0.449 e. The van der Waals surface area contributed by atoms with Gasteiger partial charge in [-0.3, -0.25) is 0 Å². The Balaban J connectivity index is 0.00000196. The van der Waals surface area contributed by atoms with Gasteiger partial charge < -0.3 is 12.9 Å². The van der Waals surface area contributed by atoms with Gasteiger partial charge in [0.25, 0.3) is 0 Å². The van der Waals surface area contributed by atoms with E-state index in [-0.39, 0.29) is 57.8 Å². The number of hydrogen-bond acceptors (Lipinski definition) is 0. The summed E-state index contributed by atoms with van der Waals surface area (Å²) < 4.78 is 37.7. The molecule has 1 aromatic carbocycles. The first-order chi connectivity index (χ1) is 6.33. The number of rotatable bonds is 3. The molecule has 0 atom stereocenters. The van der Waals surface area contributed by atoms with Crippen molar-refractivity contribution in [3.05, 3.63) is 35.9 Å². The summed E-state index contributed by atoms with van der Waals surface area (Å²) in [5.74, 6) is 0. The number of halogens is 3. The zero-order valence-electron chi connectivity index (χ0n) is 9.31. The van der Waals surface area contributed by atoms with Gasteiger partial charge in [-0.05, 0) is 6.42 Å². The van der Waals surface area contributed by atoms with Crippen LogP contribution in [-0.2, 0) is 6.42 Å². The first kappa shape index (κ1) is 15.7. The van der Waals surface area contributed by atoms with E-state index in [1.807, 2.05) is 0 Å². The van der Waals surface area contributed by atoms with Crippen LogP contribution in [0.4, 0.5) is 12.9 Å². The molecule has 0 aliphatic heterocycles. The standard InChI is InChI=1S/C10H13BF3.K/c1-10(2,11(12,13)14)8-9-6-4-3-5-7-9;/h3-7H,8H2,1-2H3;/q-1;+1. The van der Waals surface area contributed by atoms with E-state index in [4.69, 9.17) is 0 Å². The topological polar surface area (TPSA) is 0 Å². The summed E-state index contributed by atoms with van der Waals surface area (Å²) in [4.78, 5) is 0. The van der Waals surface area contributed by atoms with Gasteiger partial charge in [0, 0.05) is 0 Å². The molecule has 0 fully saturated rings. The van der Waals surface area contributed by atoms with E-state index in [1.54, 1.807) is 30.3 Å². The van der Waals surface area contributed by atoms with Crippen molar-refractivity contribution in [3.63, 3.8) is 0 Å². The Labute approximate surface area is 131 Å². The van der Waals surface area contributed by atoms with Crippen LogP contribution in [0.1, 0.15) is 19.4 Å². The predicted molar refractivity (Wildman–Crippen MR) is 53.3 cm³/mol. The van der Waals surface area contributed by atoms with E-state index < -0.39 is 12.3 Å². The number of benzene rings is 1. The second-order valence-electron chi connectivity index (χ2n) is 4.23. The quantitative estimate of drug-likeness (QED) is 0.687.